The molecule has 0 saturated heterocycles. The summed E-state index contributed by atoms with van der Waals surface area (Å²) in [5.74, 6) is 0.972. The van der Waals surface area contributed by atoms with Gasteiger partial charge in [0.25, 0.3) is 0 Å². The van der Waals surface area contributed by atoms with E-state index in [0.29, 0.717) is 24.0 Å². The highest BCUT2D eigenvalue weighted by molar-refractivity contribution is 5.44. The van der Waals surface area contributed by atoms with Crippen LogP contribution in [-0.2, 0) is 6.54 Å². The molecule has 7 heteroatoms. The smallest absolute Gasteiger partial charge is 0.240 e. The van der Waals surface area contributed by atoms with Gasteiger partial charge >= 0.3 is 0 Å². The molecule has 0 aliphatic heterocycles. The summed E-state index contributed by atoms with van der Waals surface area (Å²) in [6, 6.07) is 0. The molecule has 2 aromatic rings. The summed E-state index contributed by atoms with van der Waals surface area (Å²) >= 11 is 0. The van der Waals surface area contributed by atoms with Gasteiger partial charge in [-0.25, -0.2) is 0 Å². The van der Waals surface area contributed by atoms with Crippen LogP contribution in [0.2, 0.25) is 0 Å². The first-order chi connectivity index (χ1) is 6.40. The fraction of sp³-hybridized carbons (Fsp3) is 0.333. The van der Waals surface area contributed by atoms with Crippen LogP contribution in [0.3, 0.4) is 0 Å². The molecular formula is C6H8N6O. The molecule has 0 unspecified atom stereocenters. The molecule has 0 amide bonds. The van der Waals surface area contributed by atoms with E-state index < -0.39 is 0 Å². The number of H-pyrrole nitrogens is 1. The maximum Gasteiger partial charge on any atom is 0.240 e. The molecule has 7 nitrogen and oxygen atoms in total. The fourth-order valence-corrected chi connectivity index (χ4v) is 0.891. The van der Waals surface area contributed by atoms with Crippen LogP contribution in [0, 0.1) is 0 Å². The summed E-state index contributed by atoms with van der Waals surface area (Å²) in [5.41, 5.74) is 0.575. The second kappa shape index (κ2) is 3.31. The molecule has 0 aromatic carbocycles. The largest absolute Gasteiger partial charge is 0.337 e. The maximum absolute atomic E-state index is 4.92. The van der Waals surface area contributed by atoms with E-state index in [4.69, 9.17) is 4.52 Å². The molecule has 2 aromatic heterocycles. The van der Waals surface area contributed by atoms with Crippen LogP contribution in [0.15, 0.2) is 10.7 Å². The van der Waals surface area contributed by atoms with Crippen LogP contribution in [-0.4, -0.2) is 32.6 Å². The second-order valence-corrected chi connectivity index (χ2v) is 2.40. The van der Waals surface area contributed by atoms with Crippen molar-refractivity contribution >= 4 is 0 Å². The van der Waals surface area contributed by atoms with E-state index in [1.807, 2.05) is 0 Å². The highest BCUT2D eigenvalue weighted by Crippen LogP contribution is 2.09. The predicted molar refractivity (Wildman–Crippen MR) is 42.4 cm³/mol. The minimum absolute atomic E-state index is 0.444. The second-order valence-electron chi connectivity index (χ2n) is 2.40. The lowest BCUT2D eigenvalue weighted by Gasteiger charge is -1.86. The average Bonchev–Trinajstić information content (AvgIpc) is 2.70. The molecular weight excluding hydrogens is 172 g/mol. The van der Waals surface area contributed by atoms with Crippen molar-refractivity contribution in [2.45, 2.75) is 6.54 Å². The van der Waals surface area contributed by atoms with Crippen LogP contribution < -0.4 is 5.32 Å². The van der Waals surface area contributed by atoms with Gasteiger partial charge < -0.3 is 9.84 Å². The van der Waals surface area contributed by atoms with E-state index in [-0.39, 0.29) is 0 Å². The molecule has 0 aliphatic rings. The normalized spacial score (nSPS) is 10.5. The SMILES string of the molecule is CNCc1nc(-c2cn[nH]n2)no1. The van der Waals surface area contributed by atoms with Gasteiger partial charge in [0.15, 0.2) is 5.69 Å². The maximum atomic E-state index is 4.92. The van der Waals surface area contributed by atoms with Gasteiger partial charge in [0, 0.05) is 0 Å². The molecule has 0 radical (unpaired) electrons. The topological polar surface area (TPSA) is 92.5 Å². The Morgan fingerprint density at radius 3 is 3.23 bits per heavy atom. The molecule has 0 spiro atoms. The summed E-state index contributed by atoms with van der Waals surface area (Å²) in [5, 5.41) is 16.6. The highest BCUT2D eigenvalue weighted by Gasteiger charge is 2.09. The van der Waals surface area contributed by atoms with Gasteiger partial charge in [-0.05, 0) is 7.05 Å². The summed E-state index contributed by atoms with van der Waals surface area (Å²) in [6.45, 7) is 0.546. The number of aromatic amines is 1. The van der Waals surface area contributed by atoms with Crippen molar-refractivity contribution in [1.29, 1.82) is 0 Å². The van der Waals surface area contributed by atoms with E-state index in [1.54, 1.807) is 7.05 Å². The molecule has 0 aliphatic carbocycles. The summed E-state index contributed by atoms with van der Waals surface area (Å²) in [6.07, 6.45) is 1.54. The third-order valence-corrected chi connectivity index (χ3v) is 1.44. The van der Waals surface area contributed by atoms with Crippen LogP contribution in [0.5, 0.6) is 0 Å². The van der Waals surface area contributed by atoms with Crippen LogP contribution in [0.4, 0.5) is 0 Å². The quantitative estimate of drug-likeness (QED) is 0.666. The average molecular weight is 180 g/mol. The van der Waals surface area contributed by atoms with Gasteiger partial charge in [0.1, 0.15) is 0 Å². The molecule has 2 rings (SSSR count). The van der Waals surface area contributed by atoms with E-state index >= 15 is 0 Å². The van der Waals surface area contributed by atoms with Crippen molar-refractivity contribution in [2.75, 3.05) is 7.05 Å². The number of hydrogen-bond donors (Lipinski definition) is 2. The van der Waals surface area contributed by atoms with E-state index in [2.05, 4.69) is 30.9 Å². The minimum atomic E-state index is 0.444. The van der Waals surface area contributed by atoms with Gasteiger partial charge in [0.05, 0.1) is 12.7 Å². The lowest BCUT2D eigenvalue weighted by molar-refractivity contribution is 0.372. The highest BCUT2D eigenvalue weighted by atomic mass is 16.5. The molecule has 68 valence electrons. The molecule has 0 bridgehead atoms. The molecule has 0 fully saturated rings. The zero-order valence-corrected chi connectivity index (χ0v) is 6.98. The van der Waals surface area contributed by atoms with E-state index in [1.165, 1.54) is 6.20 Å². The minimum Gasteiger partial charge on any atom is -0.337 e. The van der Waals surface area contributed by atoms with Crippen molar-refractivity contribution in [3.8, 4) is 11.5 Å². The van der Waals surface area contributed by atoms with E-state index in [9.17, 15) is 0 Å². The standard InChI is InChI=1S/C6H8N6O/c1-7-3-5-9-6(11-13-5)4-2-8-12-10-4/h2,7H,3H2,1H3,(H,8,10,12). The first-order valence-corrected chi connectivity index (χ1v) is 3.73. The van der Waals surface area contributed by atoms with Crippen molar-refractivity contribution in [3.05, 3.63) is 12.1 Å². The Hall–Kier alpha value is -1.76. The molecule has 2 heterocycles. The molecule has 13 heavy (non-hydrogen) atoms. The van der Waals surface area contributed by atoms with Gasteiger partial charge in [0.2, 0.25) is 11.7 Å². The fourth-order valence-electron chi connectivity index (χ4n) is 0.891. The van der Waals surface area contributed by atoms with Gasteiger partial charge in [-0.15, -0.1) is 0 Å². The van der Waals surface area contributed by atoms with Crippen molar-refractivity contribution in [2.24, 2.45) is 0 Å². The van der Waals surface area contributed by atoms with Crippen molar-refractivity contribution < 1.29 is 4.52 Å². The van der Waals surface area contributed by atoms with Crippen molar-refractivity contribution in [3.63, 3.8) is 0 Å². The Morgan fingerprint density at radius 1 is 1.62 bits per heavy atom. The third-order valence-electron chi connectivity index (χ3n) is 1.44. The number of hydrogen-bond acceptors (Lipinski definition) is 6. The Bertz CT molecular complexity index is 366. The molecule has 0 atom stereocenters. The Kier molecular flexibility index (Phi) is 2.01. The Balaban J connectivity index is 2.23. The van der Waals surface area contributed by atoms with Crippen molar-refractivity contribution in [1.82, 2.24) is 30.9 Å². The zero-order valence-electron chi connectivity index (χ0n) is 6.98. The first kappa shape index (κ1) is 7.87. The third kappa shape index (κ3) is 1.54. The van der Waals surface area contributed by atoms with E-state index in [0.717, 1.165) is 0 Å². The number of nitrogens with one attached hydrogen (secondary N) is 2. The molecule has 2 N–H and O–H groups in total. The summed E-state index contributed by atoms with van der Waals surface area (Å²) < 4.78 is 4.92. The lowest BCUT2D eigenvalue weighted by atomic mass is 10.4. The summed E-state index contributed by atoms with van der Waals surface area (Å²) in [4.78, 5) is 4.08. The monoisotopic (exact) mass is 180 g/mol. The number of aromatic nitrogens is 5. The Morgan fingerprint density at radius 2 is 2.54 bits per heavy atom. The van der Waals surface area contributed by atoms with Gasteiger partial charge in [-0.3, -0.25) is 0 Å². The van der Waals surface area contributed by atoms with Crippen LogP contribution >= 0.6 is 0 Å². The van der Waals surface area contributed by atoms with Gasteiger partial charge in [-0.2, -0.15) is 20.4 Å². The van der Waals surface area contributed by atoms with Crippen LogP contribution in [0.25, 0.3) is 11.5 Å². The van der Waals surface area contributed by atoms with Crippen LogP contribution in [0.1, 0.15) is 5.89 Å². The number of rotatable bonds is 3. The predicted octanol–water partition coefficient (Wildman–Crippen LogP) is -0.426. The number of nitrogens with zero attached hydrogens (tertiary/aromatic N) is 4. The summed E-state index contributed by atoms with van der Waals surface area (Å²) in [7, 11) is 1.81. The Labute approximate surface area is 73.5 Å². The lowest BCUT2D eigenvalue weighted by Crippen LogP contribution is -2.04. The zero-order chi connectivity index (χ0) is 9.10. The first-order valence-electron chi connectivity index (χ1n) is 3.73. The van der Waals surface area contributed by atoms with Gasteiger partial charge in [-0.1, -0.05) is 5.16 Å². The molecule has 0 saturated carbocycles.